The number of aromatic nitrogens is 3. The molecule has 2 aliphatic heterocycles. The van der Waals surface area contributed by atoms with Crippen molar-refractivity contribution in [3.8, 4) is 61.6 Å². The number of furan rings is 1. The second-order valence-electron chi connectivity index (χ2n) is 27.4. The maximum Gasteiger partial charge on any atom is 0.252 e. The number of rotatable bonds is 9. The van der Waals surface area contributed by atoms with E-state index in [-0.39, 0.29) is 6.71 Å². The minimum atomic E-state index is -0.263. The second-order valence-corrected chi connectivity index (χ2v) is 27.4. The van der Waals surface area contributed by atoms with Gasteiger partial charge in [-0.2, -0.15) is 0 Å². The normalized spacial score (nSPS) is 12.6. The summed E-state index contributed by atoms with van der Waals surface area (Å²) in [6.07, 6.45) is 0. The summed E-state index contributed by atoms with van der Waals surface area (Å²) in [6.45, 7) is -0.263. The summed E-state index contributed by atoms with van der Waals surface area (Å²) < 4.78 is 14.5. The third-order valence-corrected chi connectivity index (χ3v) is 22.0. The van der Waals surface area contributed by atoms with Crippen molar-refractivity contribution in [3.05, 3.63) is 364 Å². The van der Waals surface area contributed by atoms with Gasteiger partial charge in [-0.05, 0) is 182 Å². The van der Waals surface area contributed by atoms with Gasteiger partial charge in [0.2, 0.25) is 0 Å². The Morgan fingerprint density at radius 1 is 0.214 bits per heavy atom. The zero-order chi connectivity index (χ0) is 67.4. The lowest BCUT2D eigenvalue weighted by molar-refractivity contribution is 0.673. The van der Waals surface area contributed by atoms with Crippen LogP contribution in [0.1, 0.15) is 0 Å². The molecule has 4 aromatic heterocycles. The molecule has 0 bridgehead atoms. The molecule has 0 N–H and O–H groups in total. The fraction of sp³-hybridized carbons (Fsp3) is 0. The van der Waals surface area contributed by atoms with Crippen LogP contribution in [-0.4, -0.2) is 20.4 Å². The van der Waals surface area contributed by atoms with Gasteiger partial charge in [0, 0.05) is 71.8 Å². The predicted molar refractivity (Wildman–Crippen MR) is 433 cm³/mol. The zero-order valence-electron chi connectivity index (χ0n) is 55.9. The number of anilines is 6. The van der Waals surface area contributed by atoms with E-state index in [0.29, 0.717) is 0 Å². The Labute approximate surface area is 594 Å². The van der Waals surface area contributed by atoms with E-state index >= 15 is 0 Å². The van der Waals surface area contributed by atoms with Gasteiger partial charge in [0.1, 0.15) is 11.2 Å². The average molecular weight is 1310 g/mol. The van der Waals surface area contributed by atoms with E-state index in [4.69, 9.17) is 4.42 Å². The summed E-state index contributed by atoms with van der Waals surface area (Å²) in [5.74, 6) is 0. The van der Waals surface area contributed by atoms with Crippen LogP contribution in [0.2, 0.25) is 0 Å². The number of nitrogens with zero attached hydrogens (tertiary/aromatic N) is 5. The van der Waals surface area contributed by atoms with Gasteiger partial charge in [0.25, 0.3) is 6.71 Å². The molecule has 0 radical (unpaired) electrons. The summed E-state index contributed by atoms with van der Waals surface area (Å²) in [5, 5.41) is 9.06. The minimum absolute atomic E-state index is 0.263. The van der Waals surface area contributed by atoms with Gasteiger partial charge in [-0.15, -0.1) is 0 Å². The first kappa shape index (κ1) is 57.3. The van der Waals surface area contributed by atoms with Gasteiger partial charge < -0.3 is 27.9 Å². The van der Waals surface area contributed by atoms with Crippen molar-refractivity contribution < 1.29 is 4.42 Å². The smallest absolute Gasteiger partial charge is 0.252 e. The van der Waals surface area contributed by atoms with Gasteiger partial charge in [-0.3, -0.25) is 0 Å². The SMILES string of the molecule is c1ccc(-c2ccc3c(c2)B2c4cc(-c5ccccc5)ccc4N(c4cccc5c4c4cc(-c6ccccc6)ccc4n5-c4ccccc4)c4cc(-n5c6ccccc6c6c7oc8ccccc8c7ccc65)cc(c42)N3c2cccc3c2c2cc(-c4ccccc4)ccc2n3-c2ccccc2)cc1. The third kappa shape index (κ3) is 8.57. The second kappa shape index (κ2) is 22.5. The van der Waals surface area contributed by atoms with Crippen molar-refractivity contribution in [2.24, 2.45) is 0 Å². The van der Waals surface area contributed by atoms with E-state index in [1.807, 2.05) is 0 Å². The number of benzene rings is 16. The van der Waals surface area contributed by atoms with Gasteiger partial charge in [-0.1, -0.05) is 243 Å². The molecule has 22 rings (SSSR count). The molecule has 2 aliphatic rings. The number of hydrogen-bond donors (Lipinski definition) is 0. The molecule has 0 atom stereocenters. The maximum absolute atomic E-state index is 7.05. The van der Waals surface area contributed by atoms with Crippen molar-refractivity contribution in [1.29, 1.82) is 0 Å². The molecule has 6 heterocycles. The van der Waals surface area contributed by atoms with E-state index < -0.39 is 0 Å². The summed E-state index contributed by atoms with van der Waals surface area (Å²) in [4.78, 5) is 5.30. The molecule has 0 aliphatic carbocycles. The quantitative estimate of drug-likeness (QED) is 0.135. The topological polar surface area (TPSA) is 34.4 Å². The van der Waals surface area contributed by atoms with E-state index in [2.05, 4.69) is 387 Å². The first-order chi connectivity index (χ1) is 51.1. The van der Waals surface area contributed by atoms with Crippen LogP contribution in [0.4, 0.5) is 34.1 Å². The molecule has 0 saturated heterocycles. The molecule has 0 unspecified atom stereocenters. The van der Waals surface area contributed by atoms with Crippen LogP contribution in [0, 0.1) is 0 Å². The summed E-state index contributed by atoms with van der Waals surface area (Å²) >= 11 is 0. The molecule has 7 heteroatoms. The molecule has 0 amide bonds. The Bertz CT molecular complexity index is 6540. The van der Waals surface area contributed by atoms with Crippen molar-refractivity contribution in [3.63, 3.8) is 0 Å². The highest BCUT2D eigenvalue weighted by Gasteiger charge is 2.45. The van der Waals surface area contributed by atoms with E-state index in [1.165, 1.54) is 38.3 Å². The lowest BCUT2D eigenvalue weighted by atomic mass is 9.33. The van der Waals surface area contributed by atoms with Crippen LogP contribution >= 0.6 is 0 Å². The lowest BCUT2D eigenvalue weighted by Crippen LogP contribution is -2.61. The molecule has 0 fully saturated rings. The van der Waals surface area contributed by atoms with Gasteiger partial charge in [-0.25, -0.2) is 0 Å². The lowest BCUT2D eigenvalue weighted by Gasteiger charge is -2.45. The van der Waals surface area contributed by atoms with Crippen molar-refractivity contribution in [1.82, 2.24) is 13.7 Å². The van der Waals surface area contributed by atoms with E-state index in [9.17, 15) is 0 Å². The number of hydrogen-bond acceptors (Lipinski definition) is 3. The molecule has 0 spiro atoms. The monoisotopic (exact) mass is 1310 g/mol. The van der Waals surface area contributed by atoms with E-state index in [1.54, 1.807) is 0 Å². The van der Waals surface area contributed by atoms with Crippen molar-refractivity contribution in [2.45, 2.75) is 0 Å². The summed E-state index contributed by atoms with van der Waals surface area (Å²) in [7, 11) is 0. The molecular formula is C96H60BN5O. The van der Waals surface area contributed by atoms with Crippen LogP contribution in [0.3, 0.4) is 0 Å². The highest BCUT2D eigenvalue weighted by Crippen LogP contribution is 2.53. The number of fused-ring (bicyclic) bond motifs is 17. The largest absolute Gasteiger partial charge is 0.455 e. The van der Waals surface area contributed by atoms with E-state index in [0.717, 1.165) is 161 Å². The zero-order valence-corrected chi connectivity index (χ0v) is 55.9. The first-order valence-corrected chi connectivity index (χ1v) is 35.5. The van der Waals surface area contributed by atoms with Crippen LogP contribution in [0.25, 0.3) is 149 Å². The first-order valence-electron chi connectivity index (χ1n) is 35.5. The Morgan fingerprint density at radius 2 is 0.592 bits per heavy atom. The molecule has 20 aromatic rings. The molecule has 103 heavy (non-hydrogen) atoms. The molecular weight excluding hydrogens is 1250 g/mol. The Kier molecular flexibility index (Phi) is 12.5. The molecule has 6 nitrogen and oxygen atoms in total. The average Bonchev–Trinajstić information content (AvgIpc) is 1.55. The molecule has 0 saturated carbocycles. The Hall–Kier alpha value is -13.6. The highest BCUT2D eigenvalue weighted by molar-refractivity contribution is 7.00. The number of para-hydroxylation sites is 4. The van der Waals surface area contributed by atoms with Crippen LogP contribution in [-0.2, 0) is 0 Å². The molecule has 16 aromatic carbocycles. The van der Waals surface area contributed by atoms with Gasteiger partial charge >= 0.3 is 0 Å². The highest BCUT2D eigenvalue weighted by atomic mass is 16.3. The van der Waals surface area contributed by atoms with Crippen LogP contribution < -0.4 is 26.2 Å². The maximum atomic E-state index is 7.05. The van der Waals surface area contributed by atoms with Crippen molar-refractivity contribution >= 4 is 145 Å². The summed E-state index contributed by atoms with van der Waals surface area (Å²) in [6, 6.07) is 135. The predicted octanol–water partition coefficient (Wildman–Crippen LogP) is 23.6. The third-order valence-electron chi connectivity index (χ3n) is 22.0. The van der Waals surface area contributed by atoms with Crippen LogP contribution in [0.5, 0.6) is 0 Å². The fourth-order valence-electron chi connectivity index (χ4n) is 17.6. The minimum Gasteiger partial charge on any atom is -0.455 e. The fourth-order valence-corrected chi connectivity index (χ4v) is 17.6. The molecule has 478 valence electrons. The Morgan fingerprint density at radius 3 is 1.09 bits per heavy atom. The van der Waals surface area contributed by atoms with Crippen molar-refractivity contribution in [2.75, 3.05) is 9.80 Å². The summed E-state index contributed by atoms with van der Waals surface area (Å²) in [5.41, 5.74) is 31.1. The van der Waals surface area contributed by atoms with Gasteiger partial charge in [0.05, 0.1) is 55.5 Å². The Balaban J connectivity index is 0.920. The van der Waals surface area contributed by atoms with Crippen LogP contribution in [0.15, 0.2) is 368 Å². The standard InChI is InChI=1S/C96H60BN5O/c1-7-25-61(26-8-1)65-45-50-80-75(55-65)92-84(98(80)69-33-15-5-16-34-69)40-23-42-86(92)101-82-52-47-67(63-29-11-3-12-30-63)57-77(82)97-78-58-68(64-31-13-4-14-32-64)48-53-83(78)102(87-43-24-41-85-93(87)76-56-66(62-27-9-2-10-28-62)46-51-81(76)99(85)70-35-17-6-18-36-70)90-60-71(59-89(101)95(90)97)100-79-39-21-19-38-74(79)94-88(100)54-49-73-72-37-20-22-44-91(72)103-96(73)94/h1-60H. The van der Waals surface area contributed by atoms with Gasteiger partial charge in [0.15, 0.2) is 0 Å².